The van der Waals surface area contributed by atoms with E-state index in [0.717, 1.165) is 5.69 Å². The molecule has 33 heavy (non-hydrogen) atoms. The van der Waals surface area contributed by atoms with Crippen LogP contribution in [0.4, 0.5) is 14.5 Å². The lowest BCUT2D eigenvalue weighted by molar-refractivity contribution is 0.0748. The first-order valence-electron chi connectivity index (χ1n) is 10.5. The van der Waals surface area contributed by atoms with E-state index in [1.807, 2.05) is 4.90 Å². The van der Waals surface area contributed by atoms with E-state index in [4.69, 9.17) is 4.74 Å². The summed E-state index contributed by atoms with van der Waals surface area (Å²) in [5.41, 5.74) is 1.78. The van der Waals surface area contributed by atoms with Crippen molar-refractivity contribution in [3.8, 4) is 11.7 Å². The van der Waals surface area contributed by atoms with Crippen LogP contribution < -0.4 is 9.64 Å². The van der Waals surface area contributed by atoms with Crippen LogP contribution in [0, 0.1) is 11.6 Å². The molecular weight excluding hydrogens is 428 g/mol. The molecule has 0 bridgehead atoms. The van der Waals surface area contributed by atoms with Gasteiger partial charge in [-0.25, -0.2) is 18.7 Å². The second kappa shape index (κ2) is 8.50. The highest BCUT2D eigenvalue weighted by molar-refractivity contribution is 6.07. The summed E-state index contributed by atoms with van der Waals surface area (Å²) >= 11 is 0. The zero-order chi connectivity index (χ0) is 22.9. The summed E-state index contributed by atoms with van der Waals surface area (Å²) in [5, 5.41) is 0.507. The number of fused-ring (bicyclic) bond motifs is 1. The number of hydrogen-bond donors (Lipinski definition) is 0. The Kier molecular flexibility index (Phi) is 5.37. The van der Waals surface area contributed by atoms with Crippen LogP contribution in [0.2, 0.25) is 0 Å². The summed E-state index contributed by atoms with van der Waals surface area (Å²) < 4.78 is 34.8. The largest absolute Gasteiger partial charge is 0.494 e. The molecule has 5 rings (SSSR count). The number of amides is 1. The molecule has 1 aliphatic heterocycles. The lowest BCUT2D eigenvalue weighted by atomic mass is 10.1. The van der Waals surface area contributed by atoms with Crippen LogP contribution >= 0.6 is 0 Å². The molecule has 0 N–H and O–H groups in total. The molecular formula is C24H21F2N5O2. The number of ether oxygens (including phenoxy) is 1. The maximum Gasteiger partial charge on any atom is 0.256 e. The highest BCUT2D eigenvalue weighted by Crippen LogP contribution is 2.28. The molecule has 0 saturated carbocycles. The van der Waals surface area contributed by atoms with Gasteiger partial charge in [-0.3, -0.25) is 9.36 Å². The monoisotopic (exact) mass is 449 g/mol. The van der Waals surface area contributed by atoms with E-state index < -0.39 is 11.6 Å². The first-order chi connectivity index (χ1) is 16.0. The molecule has 2 aromatic heterocycles. The van der Waals surface area contributed by atoms with E-state index in [2.05, 4.69) is 9.97 Å². The van der Waals surface area contributed by atoms with Gasteiger partial charge in [-0.1, -0.05) is 0 Å². The maximum absolute atomic E-state index is 14.1. The van der Waals surface area contributed by atoms with Crippen molar-refractivity contribution >= 4 is 22.5 Å². The summed E-state index contributed by atoms with van der Waals surface area (Å²) in [4.78, 5) is 25.7. The molecule has 0 radical (unpaired) electrons. The summed E-state index contributed by atoms with van der Waals surface area (Å²) in [5.74, 6) is -0.444. The van der Waals surface area contributed by atoms with Crippen LogP contribution in [0.1, 0.15) is 10.4 Å². The fourth-order valence-corrected chi connectivity index (χ4v) is 4.14. The number of carbonyl (C=O) groups is 1. The van der Waals surface area contributed by atoms with Gasteiger partial charge in [-0.05, 0) is 36.4 Å². The summed E-state index contributed by atoms with van der Waals surface area (Å²) in [6, 6.07) is 10.9. The Labute approximate surface area is 188 Å². The molecule has 0 atom stereocenters. The van der Waals surface area contributed by atoms with Gasteiger partial charge in [-0.15, -0.1) is 0 Å². The van der Waals surface area contributed by atoms with E-state index in [-0.39, 0.29) is 11.7 Å². The number of rotatable bonds is 4. The van der Waals surface area contributed by atoms with Crippen molar-refractivity contribution in [2.24, 2.45) is 0 Å². The molecule has 0 unspecified atom stereocenters. The summed E-state index contributed by atoms with van der Waals surface area (Å²) in [6.45, 7) is 2.01. The number of hydrogen-bond acceptors (Lipinski definition) is 5. The topological polar surface area (TPSA) is 63.5 Å². The summed E-state index contributed by atoms with van der Waals surface area (Å²) in [6.07, 6.45) is 4.88. The molecule has 7 nitrogen and oxygen atoms in total. The molecule has 9 heteroatoms. The number of anilines is 1. The quantitative estimate of drug-likeness (QED) is 0.476. The average Bonchev–Trinajstić information content (AvgIpc) is 3.23. The van der Waals surface area contributed by atoms with E-state index in [1.54, 1.807) is 52.3 Å². The molecule has 4 aromatic rings. The Morgan fingerprint density at radius 3 is 2.45 bits per heavy atom. The predicted molar refractivity (Wildman–Crippen MR) is 120 cm³/mol. The van der Waals surface area contributed by atoms with Crippen LogP contribution in [0.3, 0.4) is 0 Å². The van der Waals surface area contributed by atoms with Crippen molar-refractivity contribution in [3.63, 3.8) is 0 Å². The van der Waals surface area contributed by atoms with Crippen LogP contribution in [0.5, 0.6) is 5.75 Å². The third-order valence-corrected chi connectivity index (χ3v) is 5.83. The van der Waals surface area contributed by atoms with E-state index in [0.29, 0.717) is 48.6 Å². The van der Waals surface area contributed by atoms with Crippen molar-refractivity contribution in [3.05, 3.63) is 78.3 Å². The zero-order valence-corrected chi connectivity index (χ0v) is 17.9. The van der Waals surface area contributed by atoms with Gasteiger partial charge in [0.2, 0.25) is 5.95 Å². The Balaban J connectivity index is 1.40. The van der Waals surface area contributed by atoms with Gasteiger partial charge in [0, 0.05) is 61.9 Å². The minimum atomic E-state index is -0.425. The van der Waals surface area contributed by atoms with Crippen molar-refractivity contribution in [2.45, 2.75) is 0 Å². The lowest BCUT2D eigenvalue weighted by Gasteiger charge is -2.36. The number of nitrogens with zero attached hydrogens (tertiary/aromatic N) is 5. The number of halogens is 2. The molecule has 1 fully saturated rings. The highest BCUT2D eigenvalue weighted by Gasteiger charge is 2.26. The molecule has 0 aliphatic carbocycles. The minimum Gasteiger partial charge on any atom is -0.494 e. The van der Waals surface area contributed by atoms with Crippen molar-refractivity contribution in [1.29, 1.82) is 0 Å². The normalized spacial score (nSPS) is 14.0. The van der Waals surface area contributed by atoms with E-state index >= 15 is 0 Å². The molecule has 0 spiro atoms. The van der Waals surface area contributed by atoms with Gasteiger partial charge in [0.05, 0.1) is 18.2 Å². The van der Waals surface area contributed by atoms with Gasteiger partial charge in [0.1, 0.15) is 5.82 Å². The van der Waals surface area contributed by atoms with Crippen LogP contribution in [-0.2, 0) is 0 Å². The van der Waals surface area contributed by atoms with E-state index in [1.165, 1.54) is 25.3 Å². The van der Waals surface area contributed by atoms with Gasteiger partial charge in [0.25, 0.3) is 5.91 Å². The van der Waals surface area contributed by atoms with Gasteiger partial charge < -0.3 is 14.5 Å². The van der Waals surface area contributed by atoms with Gasteiger partial charge >= 0.3 is 0 Å². The van der Waals surface area contributed by atoms with Crippen LogP contribution in [0.15, 0.2) is 61.1 Å². The lowest BCUT2D eigenvalue weighted by Crippen LogP contribution is -2.48. The van der Waals surface area contributed by atoms with Crippen molar-refractivity contribution in [1.82, 2.24) is 19.4 Å². The van der Waals surface area contributed by atoms with Crippen LogP contribution in [0.25, 0.3) is 16.9 Å². The predicted octanol–water partition coefficient (Wildman–Crippen LogP) is 3.67. The number of aromatic nitrogens is 3. The fraction of sp³-hybridized carbons (Fsp3) is 0.208. The standard InChI is InChI=1S/C24H21F2N5O2/c1-33-22-6-4-17(14-20(22)26)29-9-11-30(12-10-29)23(32)19-15-31(24-27-7-2-8-28-24)21-5-3-16(25)13-18(19)21/h2-8,13-15H,9-12H2,1H3. The molecule has 1 aliphatic rings. The Bertz CT molecular complexity index is 1320. The van der Waals surface area contributed by atoms with Crippen molar-refractivity contribution < 1.29 is 18.3 Å². The number of benzene rings is 2. The van der Waals surface area contributed by atoms with Crippen molar-refractivity contribution in [2.75, 3.05) is 38.2 Å². The third kappa shape index (κ3) is 3.86. The summed E-state index contributed by atoms with van der Waals surface area (Å²) in [7, 11) is 1.43. The minimum absolute atomic E-state index is 0.193. The van der Waals surface area contributed by atoms with E-state index in [9.17, 15) is 13.6 Å². The number of piperazine rings is 1. The first-order valence-corrected chi connectivity index (χ1v) is 10.5. The molecule has 1 saturated heterocycles. The molecule has 168 valence electrons. The third-order valence-electron chi connectivity index (χ3n) is 5.83. The van der Waals surface area contributed by atoms with Gasteiger partial charge in [-0.2, -0.15) is 0 Å². The second-order valence-electron chi connectivity index (χ2n) is 7.72. The SMILES string of the molecule is COc1ccc(N2CCN(C(=O)c3cn(-c4ncccn4)c4ccc(F)cc34)CC2)cc1F. The fourth-order valence-electron chi connectivity index (χ4n) is 4.14. The maximum atomic E-state index is 14.1. The highest BCUT2D eigenvalue weighted by atomic mass is 19.1. The first kappa shape index (κ1) is 20.9. The smallest absolute Gasteiger partial charge is 0.256 e. The molecule has 2 aromatic carbocycles. The van der Waals surface area contributed by atoms with Gasteiger partial charge in [0.15, 0.2) is 11.6 Å². The number of carbonyl (C=O) groups excluding carboxylic acids is 1. The Hall–Kier alpha value is -4.01. The average molecular weight is 449 g/mol. The number of methoxy groups -OCH3 is 1. The Morgan fingerprint density at radius 1 is 1.00 bits per heavy atom. The molecule has 1 amide bonds. The zero-order valence-electron chi connectivity index (χ0n) is 17.9. The Morgan fingerprint density at radius 2 is 1.76 bits per heavy atom. The second-order valence-corrected chi connectivity index (χ2v) is 7.72. The molecule has 3 heterocycles. The van der Waals surface area contributed by atoms with Crippen LogP contribution in [-0.4, -0.2) is 58.6 Å².